The molecule has 1 atom stereocenters. The summed E-state index contributed by atoms with van der Waals surface area (Å²) in [5, 5.41) is 3.15. The Labute approximate surface area is 209 Å². The van der Waals surface area contributed by atoms with Gasteiger partial charge in [0.1, 0.15) is 30.8 Å². The molecule has 3 aromatic rings. The number of ether oxygens (including phenoxy) is 2. The molecule has 1 saturated carbocycles. The Morgan fingerprint density at radius 1 is 0.944 bits per heavy atom. The van der Waals surface area contributed by atoms with Crippen LogP contribution < -0.4 is 19.7 Å². The molecule has 36 heavy (non-hydrogen) atoms. The summed E-state index contributed by atoms with van der Waals surface area (Å²) in [6.07, 6.45) is 6.55. The number of anilines is 1. The number of hydrogen-bond acceptors (Lipinski definition) is 5. The number of amides is 2. The minimum atomic E-state index is -1.05. The number of fused-ring (bicyclic) bond motifs is 1. The Morgan fingerprint density at radius 3 is 2.42 bits per heavy atom. The topological polar surface area (TPSA) is 80.8 Å². The number of hydrogen-bond donors (Lipinski definition) is 1. The molecule has 0 bridgehead atoms. The first kappa shape index (κ1) is 23.8. The Kier molecular flexibility index (Phi) is 7.11. The first-order valence-electron chi connectivity index (χ1n) is 12.3. The minimum Gasteiger partial charge on any atom is -0.486 e. The van der Waals surface area contributed by atoms with Crippen LogP contribution in [0.3, 0.4) is 0 Å². The van der Waals surface area contributed by atoms with Crippen molar-refractivity contribution in [1.29, 1.82) is 0 Å². The maximum atomic E-state index is 13.9. The van der Waals surface area contributed by atoms with Gasteiger partial charge in [0.05, 0.1) is 0 Å². The van der Waals surface area contributed by atoms with Gasteiger partial charge in [-0.2, -0.15) is 0 Å². The van der Waals surface area contributed by atoms with Crippen LogP contribution in [0, 0.1) is 5.82 Å². The molecule has 1 fully saturated rings. The Bertz CT molecular complexity index is 1210. The van der Waals surface area contributed by atoms with Crippen molar-refractivity contribution in [3.05, 3.63) is 83.9 Å². The van der Waals surface area contributed by atoms with Crippen LogP contribution >= 0.6 is 0 Å². The number of carbonyl (C=O) groups is 2. The molecule has 2 aliphatic rings. The summed E-state index contributed by atoms with van der Waals surface area (Å²) in [4.78, 5) is 33.4. The maximum Gasteiger partial charge on any atom is 0.277 e. The van der Waals surface area contributed by atoms with E-state index in [1.807, 2.05) is 0 Å². The van der Waals surface area contributed by atoms with Gasteiger partial charge in [-0.25, -0.2) is 4.39 Å². The Morgan fingerprint density at radius 2 is 1.69 bits per heavy atom. The van der Waals surface area contributed by atoms with Gasteiger partial charge in [0.15, 0.2) is 11.5 Å². The van der Waals surface area contributed by atoms with Crippen LogP contribution in [0.4, 0.5) is 10.1 Å². The Hall–Kier alpha value is -3.94. The third kappa shape index (κ3) is 5.17. The lowest BCUT2D eigenvalue weighted by Crippen LogP contribution is -2.47. The van der Waals surface area contributed by atoms with E-state index in [4.69, 9.17) is 9.47 Å². The first-order chi connectivity index (χ1) is 17.6. The number of rotatable bonds is 6. The van der Waals surface area contributed by atoms with Crippen molar-refractivity contribution < 1.29 is 23.5 Å². The predicted octanol–water partition coefficient (Wildman–Crippen LogP) is 4.83. The fraction of sp³-hybridized carbons (Fsp3) is 0.321. The zero-order valence-electron chi connectivity index (χ0n) is 19.9. The second-order valence-corrected chi connectivity index (χ2v) is 9.02. The predicted molar refractivity (Wildman–Crippen MR) is 133 cm³/mol. The monoisotopic (exact) mass is 489 g/mol. The molecule has 1 aliphatic carbocycles. The first-order valence-corrected chi connectivity index (χ1v) is 12.3. The summed E-state index contributed by atoms with van der Waals surface area (Å²) in [5.74, 6) is -0.150. The van der Waals surface area contributed by atoms with E-state index in [0.29, 0.717) is 36.0 Å². The molecule has 1 N–H and O–H groups in total. The third-order valence-corrected chi connectivity index (χ3v) is 6.55. The number of nitrogens with zero attached hydrogens (tertiary/aromatic N) is 2. The van der Waals surface area contributed by atoms with Gasteiger partial charge in [-0.05, 0) is 54.8 Å². The molecule has 2 heterocycles. The normalized spacial score (nSPS) is 16.1. The van der Waals surface area contributed by atoms with E-state index >= 15 is 0 Å². The molecule has 0 spiro atoms. The molecular weight excluding hydrogens is 461 g/mol. The van der Waals surface area contributed by atoms with Crippen molar-refractivity contribution in [3.63, 3.8) is 0 Å². The zero-order valence-corrected chi connectivity index (χ0v) is 19.9. The van der Waals surface area contributed by atoms with E-state index in [2.05, 4.69) is 10.3 Å². The van der Waals surface area contributed by atoms with Gasteiger partial charge in [0.2, 0.25) is 5.91 Å². The smallest absolute Gasteiger partial charge is 0.277 e. The second kappa shape index (κ2) is 10.8. The number of benzene rings is 2. The van der Waals surface area contributed by atoms with E-state index in [9.17, 15) is 14.0 Å². The fourth-order valence-corrected chi connectivity index (χ4v) is 4.77. The van der Waals surface area contributed by atoms with Crippen LogP contribution in [0.1, 0.15) is 54.2 Å². The summed E-state index contributed by atoms with van der Waals surface area (Å²) in [6, 6.07) is 14.8. The highest BCUT2D eigenvalue weighted by Gasteiger charge is 2.35. The third-order valence-electron chi connectivity index (χ3n) is 6.55. The van der Waals surface area contributed by atoms with E-state index in [0.717, 1.165) is 32.1 Å². The molecule has 2 amide bonds. The summed E-state index contributed by atoms with van der Waals surface area (Å²) in [5.41, 5.74) is 1.12. The molecule has 5 rings (SSSR count). The van der Waals surface area contributed by atoms with Crippen LogP contribution in [0.15, 0.2) is 66.9 Å². The van der Waals surface area contributed by atoms with Gasteiger partial charge >= 0.3 is 0 Å². The van der Waals surface area contributed by atoms with Gasteiger partial charge in [0.25, 0.3) is 5.91 Å². The Balaban J connectivity index is 1.60. The van der Waals surface area contributed by atoms with Crippen LogP contribution in [0.2, 0.25) is 0 Å². The molecule has 7 nitrogen and oxygen atoms in total. The molecular formula is C28H28FN3O4. The highest BCUT2D eigenvalue weighted by molar-refractivity contribution is 6.09. The average molecular weight is 490 g/mol. The molecule has 2 aromatic carbocycles. The highest BCUT2D eigenvalue weighted by Crippen LogP contribution is 2.38. The van der Waals surface area contributed by atoms with Crippen molar-refractivity contribution in [2.45, 2.75) is 44.2 Å². The van der Waals surface area contributed by atoms with E-state index in [-0.39, 0.29) is 17.6 Å². The van der Waals surface area contributed by atoms with Crippen LogP contribution in [0.25, 0.3) is 0 Å². The summed E-state index contributed by atoms with van der Waals surface area (Å²) >= 11 is 0. The molecule has 0 radical (unpaired) electrons. The highest BCUT2D eigenvalue weighted by atomic mass is 19.1. The molecule has 186 valence electrons. The molecule has 0 saturated heterocycles. The zero-order chi connectivity index (χ0) is 24.9. The summed E-state index contributed by atoms with van der Waals surface area (Å²) in [7, 11) is 0. The van der Waals surface area contributed by atoms with Crippen LogP contribution in [-0.4, -0.2) is 36.1 Å². The number of carbonyl (C=O) groups excluding carboxylic acids is 2. The van der Waals surface area contributed by atoms with E-state index in [1.165, 1.54) is 35.4 Å². The maximum absolute atomic E-state index is 13.9. The van der Waals surface area contributed by atoms with Gasteiger partial charge in [-0.15, -0.1) is 0 Å². The SMILES string of the molecule is O=C(NC1CCCCC1)[C@H](c1ccc(F)cc1)N(C(=O)c1ccccn1)c1ccc2c(c1)OCCO2. The lowest BCUT2D eigenvalue weighted by Gasteiger charge is -2.34. The number of halogens is 1. The lowest BCUT2D eigenvalue weighted by atomic mass is 9.94. The second-order valence-electron chi connectivity index (χ2n) is 9.02. The largest absolute Gasteiger partial charge is 0.486 e. The quantitative estimate of drug-likeness (QED) is 0.537. The van der Waals surface area contributed by atoms with Crippen molar-refractivity contribution in [3.8, 4) is 11.5 Å². The van der Waals surface area contributed by atoms with Gasteiger partial charge in [-0.3, -0.25) is 19.5 Å². The molecule has 1 aliphatic heterocycles. The number of pyridine rings is 1. The van der Waals surface area contributed by atoms with Gasteiger partial charge in [0, 0.05) is 24.0 Å². The van der Waals surface area contributed by atoms with Crippen LogP contribution in [0.5, 0.6) is 11.5 Å². The molecule has 0 unspecified atom stereocenters. The van der Waals surface area contributed by atoms with Crippen molar-refractivity contribution in [1.82, 2.24) is 10.3 Å². The summed E-state index contributed by atoms with van der Waals surface area (Å²) in [6.45, 7) is 0.819. The molecule has 8 heteroatoms. The van der Waals surface area contributed by atoms with E-state index in [1.54, 1.807) is 36.4 Å². The fourth-order valence-electron chi connectivity index (χ4n) is 4.77. The molecule has 1 aromatic heterocycles. The average Bonchev–Trinajstić information content (AvgIpc) is 2.93. The number of nitrogens with one attached hydrogen (secondary N) is 1. The standard InChI is InChI=1S/C28H28FN3O4/c29-20-11-9-19(10-12-20)26(27(33)31-21-6-2-1-3-7-21)32(28(34)23-8-4-5-15-30-23)22-13-14-24-25(18-22)36-17-16-35-24/h4-5,8-15,18,21,26H,1-3,6-7,16-17H2,(H,31,33)/t26-/m0/s1. The van der Waals surface area contributed by atoms with Crippen LogP contribution in [-0.2, 0) is 4.79 Å². The van der Waals surface area contributed by atoms with Crippen molar-refractivity contribution in [2.75, 3.05) is 18.1 Å². The minimum absolute atomic E-state index is 0.0290. The van der Waals surface area contributed by atoms with Crippen molar-refractivity contribution in [2.24, 2.45) is 0 Å². The number of aromatic nitrogens is 1. The van der Waals surface area contributed by atoms with Gasteiger partial charge < -0.3 is 14.8 Å². The summed E-state index contributed by atoms with van der Waals surface area (Å²) < 4.78 is 25.2. The van der Waals surface area contributed by atoms with E-state index < -0.39 is 17.8 Å². The van der Waals surface area contributed by atoms with Crippen molar-refractivity contribution >= 4 is 17.5 Å². The lowest BCUT2D eigenvalue weighted by molar-refractivity contribution is -0.123. The van der Waals surface area contributed by atoms with Gasteiger partial charge in [-0.1, -0.05) is 37.5 Å².